The molecule has 5 heteroatoms. The van der Waals surface area contributed by atoms with Gasteiger partial charge in [0.1, 0.15) is 0 Å². The minimum atomic E-state index is -0.611. The van der Waals surface area contributed by atoms with Crippen LogP contribution in [0.15, 0.2) is 48.8 Å². The first-order valence-electron chi connectivity index (χ1n) is 9.10. The first kappa shape index (κ1) is 20.5. The number of nitrogens with one attached hydrogen (secondary N) is 1. The third-order valence-corrected chi connectivity index (χ3v) is 5.32. The third-order valence-electron chi connectivity index (χ3n) is 4.62. The molecule has 0 aliphatic carbocycles. The molecule has 26 heavy (non-hydrogen) atoms. The zero-order valence-electron chi connectivity index (χ0n) is 15.5. The van der Waals surface area contributed by atoms with Crippen LogP contribution in [-0.2, 0) is 0 Å². The Labute approximate surface area is 166 Å². The van der Waals surface area contributed by atoms with E-state index in [-0.39, 0.29) is 5.78 Å². The largest absolute Gasteiger partial charge is 0.374 e. The highest BCUT2D eigenvalue weighted by molar-refractivity contribution is 7.80. The van der Waals surface area contributed by atoms with E-state index in [1.807, 2.05) is 36.0 Å². The Kier molecular flexibility index (Phi) is 7.73. The second kappa shape index (κ2) is 9.79. The van der Waals surface area contributed by atoms with E-state index in [1.165, 1.54) is 5.56 Å². The summed E-state index contributed by atoms with van der Waals surface area (Å²) < 4.78 is 1.86. The molecular weight excluding hydrogens is 364 g/mol. The molecule has 0 unspecified atom stereocenters. The van der Waals surface area contributed by atoms with Crippen molar-refractivity contribution in [3.05, 3.63) is 64.9 Å². The Morgan fingerprint density at radius 2 is 1.73 bits per heavy atom. The van der Waals surface area contributed by atoms with E-state index in [1.54, 1.807) is 12.1 Å². The van der Waals surface area contributed by atoms with E-state index in [2.05, 4.69) is 31.3 Å². The van der Waals surface area contributed by atoms with Crippen LogP contribution >= 0.6 is 23.8 Å². The summed E-state index contributed by atoms with van der Waals surface area (Å²) >= 11 is 11.8. The van der Waals surface area contributed by atoms with Crippen LogP contribution in [0.3, 0.4) is 0 Å². The number of Topliss-reactive ketones (excluding diaryl/α,β-unsaturated/α-hetero) is 1. The van der Waals surface area contributed by atoms with Gasteiger partial charge in [-0.2, -0.15) is 4.57 Å². The molecule has 0 radical (unpaired) electrons. The van der Waals surface area contributed by atoms with Crippen molar-refractivity contribution < 1.29 is 9.36 Å². The van der Waals surface area contributed by atoms with E-state index >= 15 is 0 Å². The number of halogens is 1. The minimum Gasteiger partial charge on any atom is -0.374 e. The second-order valence-corrected chi connectivity index (χ2v) is 7.08. The molecule has 0 saturated heterocycles. The lowest BCUT2D eigenvalue weighted by Crippen LogP contribution is -2.51. The van der Waals surface area contributed by atoms with Gasteiger partial charge in [0.25, 0.3) is 6.04 Å². The van der Waals surface area contributed by atoms with Crippen molar-refractivity contribution >= 4 is 34.6 Å². The van der Waals surface area contributed by atoms with Crippen LogP contribution in [0.1, 0.15) is 61.5 Å². The highest BCUT2D eigenvalue weighted by atomic mass is 35.5. The molecule has 0 bridgehead atoms. The smallest absolute Gasteiger partial charge is 0.270 e. The van der Waals surface area contributed by atoms with E-state index in [9.17, 15) is 4.79 Å². The quantitative estimate of drug-likeness (QED) is 0.396. The number of ketones is 1. The van der Waals surface area contributed by atoms with Crippen LogP contribution in [-0.4, -0.2) is 17.3 Å². The number of carbonyl (C=O) groups is 1. The molecule has 1 aromatic carbocycles. The van der Waals surface area contributed by atoms with Gasteiger partial charge in [-0.05, 0) is 43.4 Å². The van der Waals surface area contributed by atoms with Crippen LogP contribution in [0, 0.1) is 0 Å². The number of benzene rings is 1. The van der Waals surface area contributed by atoms with Crippen molar-refractivity contribution in [1.82, 2.24) is 5.32 Å². The predicted octanol–water partition coefficient (Wildman–Crippen LogP) is 4.89. The first-order valence-corrected chi connectivity index (χ1v) is 9.89. The fourth-order valence-electron chi connectivity index (χ4n) is 3.12. The molecule has 0 aliphatic rings. The second-order valence-electron chi connectivity index (χ2n) is 6.23. The van der Waals surface area contributed by atoms with Gasteiger partial charge in [-0.1, -0.05) is 49.8 Å². The van der Waals surface area contributed by atoms with Crippen molar-refractivity contribution in [2.24, 2.45) is 0 Å². The molecule has 1 N–H and O–H groups in total. The molecule has 1 aromatic heterocycles. The molecule has 3 nitrogen and oxygen atoms in total. The fraction of sp³-hybridized carbons (Fsp3) is 0.381. The summed E-state index contributed by atoms with van der Waals surface area (Å²) in [5.41, 5.74) is 1.76. The lowest BCUT2D eigenvalue weighted by atomic mass is 9.95. The summed E-state index contributed by atoms with van der Waals surface area (Å²) in [6.45, 7) is 7.01. The number of nitrogens with zero attached hydrogens (tertiary/aromatic N) is 1. The Bertz CT molecular complexity index is 757. The number of thiocarbonyl (C=S) groups is 1. The summed E-state index contributed by atoms with van der Waals surface area (Å²) in [4.78, 5) is 13.7. The predicted molar refractivity (Wildman–Crippen MR) is 111 cm³/mol. The van der Waals surface area contributed by atoms with Crippen molar-refractivity contribution in [2.45, 2.75) is 45.6 Å². The number of rotatable bonds is 8. The highest BCUT2D eigenvalue weighted by Gasteiger charge is 2.34. The normalized spacial score (nSPS) is 12.0. The van der Waals surface area contributed by atoms with E-state index in [4.69, 9.17) is 23.8 Å². The topological polar surface area (TPSA) is 33.0 Å². The average Bonchev–Trinajstić information content (AvgIpc) is 2.64. The van der Waals surface area contributed by atoms with E-state index < -0.39 is 6.04 Å². The molecule has 0 saturated carbocycles. The van der Waals surface area contributed by atoms with Crippen LogP contribution in [0.5, 0.6) is 0 Å². The van der Waals surface area contributed by atoms with Gasteiger partial charge in [0, 0.05) is 24.2 Å². The van der Waals surface area contributed by atoms with Crippen molar-refractivity contribution in [3.8, 4) is 0 Å². The maximum atomic E-state index is 13.2. The Morgan fingerprint density at radius 3 is 2.27 bits per heavy atom. The Balaban J connectivity index is 2.41. The monoisotopic (exact) mass is 389 g/mol. The van der Waals surface area contributed by atoms with Gasteiger partial charge in [-0.15, -0.1) is 0 Å². The van der Waals surface area contributed by atoms with Gasteiger partial charge in [0.15, 0.2) is 17.4 Å². The minimum absolute atomic E-state index is 0.109. The number of aromatic nitrogens is 1. The number of likely N-dealkylation sites (N-methyl/N-ethyl adjacent to an activating group) is 1. The maximum Gasteiger partial charge on any atom is 0.270 e. The zero-order chi connectivity index (χ0) is 19.1. The number of hydrogen-bond donors (Lipinski definition) is 1. The summed E-state index contributed by atoms with van der Waals surface area (Å²) in [5, 5.41) is 3.56. The summed E-state index contributed by atoms with van der Waals surface area (Å²) in [6, 6.07) is 10.6. The van der Waals surface area contributed by atoms with E-state index in [0.29, 0.717) is 28.0 Å². The molecule has 0 aliphatic heterocycles. The Morgan fingerprint density at radius 1 is 1.12 bits per heavy atom. The van der Waals surface area contributed by atoms with Crippen LogP contribution in [0.4, 0.5) is 0 Å². The molecule has 0 spiro atoms. The molecule has 138 valence electrons. The lowest BCUT2D eigenvalue weighted by Gasteiger charge is -2.16. The standard InChI is InChI=1S/C21H25ClN2OS/c1-4-15(5-2)16-11-13-24(14-12-16)19(21(26)23-6-3)20(25)17-9-7-8-10-18(17)22/h7-15,19H,4-6H2,1-3H3/p+1/t19-/m0/s1. The van der Waals surface area contributed by atoms with Gasteiger partial charge in [-0.25, -0.2) is 0 Å². The zero-order valence-corrected chi connectivity index (χ0v) is 17.1. The molecular formula is C21H26ClN2OS+. The van der Waals surface area contributed by atoms with Crippen molar-refractivity contribution in [2.75, 3.05) is 6.54 Å². The number of pyridine rings is 1. The van der Waals surface area contributed by atoms with Gasteiger partial charge >= 0.3 is 0 Å². The molecule has 0 fully saturated rings. The summed E-state index contributed by atoms with van der Waals surface area (Å²) in [6.07, 6.45) is 6.07. The molecule has 1 heterocycles. The lowest BCUT2D eigenvalue weighted by molar-refractivity contribution is -0.692. The highest BCUT2D eigenvalue weighted by Crippen LogP contribution is 2.23. The van der Waals surface area contributed by atoms with Gasteiger partial charge < -0.3 is 5.32 Å². The molecule has 2 rings (SSSR count). The number of hydrogen-bond acceptors (Lipinski definition) is 2. The SMILES string of the molecule is CCNC(=S)[C@H](C(=O)c1ccccc1Cl)[n+]1ccc(C(CC)CC)cc1. The average molecular weight is 390 g/mol. The van der Waals surface area contributed by atoms with Gasteiger partial charge in [0.05, 0.1) is 5.02 Å². The molecule has 1 atom stereocenters. The summed E-state index contributed by atoms with van der Waals surface area (Å²) in [5.74, 6) is 0.421. The van der Waals surface area contributed by atoms with Gasteiger partial charge in [0.2, 0.25) is 5.78 Å². The fourth-order valence-corrected chi connectivity index (χ4v) is 3.72. The van der Waals surface area contributed by atoms with Crippen molar-refractivity contribution in [3.63, 3.8) is 0 Å². The van der Waals surface area contributed by atoms with Crippen LogP contribution < -0.4 is 9.88 Å². The van der Waals surface area contributed by atoms with E-state index in [0.717, 1.165) is 12.8 Å². The first-order chi connectivity index (χ1) is 12.5. The number of carbonyl (C=O) groups excluding carboxylic acids is 1. The summed E-state index contributed by atoms with van der Waals surface area (Å²) in [7, 11) is 0. The van der Waals surface area contributed by atoms with Crippen LogP contribution in [0.2, 0.25) is 5.02 Å². The third kappa shape index (κ3) is 4.68. The van der Waals surface area contributed by atoms with Crippen molar-refractivity contribution in [1.29, 1.82) is 0 Å². The molecule has 2 aromatic rings. The van der Waals surface area contributed by atoms with Gasteiger partial charge in [-0.3, -0.25) is 4.79 Å². The maximum absolute atomic E-state index is 13.2. The molecule has 0 amide bonds. The Hall–Kier alpha value is -1.78. The van der Waals surface area contributed by atoms with Crippen LogP contribution in [0.25, 0.3) is 0 Å².